The molecule has 17 heavy (non-hydrogen) atoms. The van der Waals surface area contributed by atoms with Crippen molar-refractivity contribution in [3.63, 3.8) is 0 Å². The van der Waals surface area contributed by atoms with Crippen LogP contribution in [0.25, 0.3) is 0 Å². The third-order valence-electron chi connectivity index (χ3n) is 2.35. The smallest absolute Gasteiger partial charge is 0.367 e. The highest BCUT2D eigenvalue weighted by atomic mass is 28.4. The molecule has 0 heterocycles. The van der Waals surface area contributed by atoms with Gasteiger partial charge in [-0.2, -0.15) is 0 Å². The summed E-state index contributed by atoms with van der Waals surface area (Å²) in [5, 5.41) is 0. The largest absolute Gasteiger partial charge is 0.676 e. The molecular formula is C12H28O4Si. The first-order chi connectivity index (χ1) is 8.18. The van der Waals surface area contributed by atoms with Crippen LogP contribution in [-0.2, 0) is 13.3 Å². The van der Waals surface area contributed by atoms with Crippen molar-refractivity contribution in [1.82, 2.24) is 0 Å². The molecule has 0 aliphatic heterocycles. The number of hydrogen-bond acceptors (Lipinski definition) is 4. The van der Waals surface area contributed by atoms with E-state index in [9.17, 15) is 4.80 Å². The van der Waals surface area contributed by atoms with Crippen molar-refractivity contribution < 1.29 is 18.1 Å². The summed E-state index contributed by atoms with van der Waals surface area (Å²) < 4.78 is 16.2. The van der Waals surface area contributed by atoms with Crippen LogP contribution in [0.2, 0.25) is 0 Å². The highest BCUT2D eigenvalue weighted by Crippen LogP contribution is 2.09. The first-order valence-corrected chi connectivity index (χ1v) is 8.50. The third kappa shape index (κ3) is 9.73. The van der Waals surface area contributed by atoms with Crippen molar-refractivity contribution in [2.75, 3.05) is 19.8 Å². The number of rotatable bonds is 12. The topological polar surface area (TPSA) is 47.9 Å². The summed E-state index contributed by atoms with van der Waals surface area (Å²) in [6.45, 7) is 7.78. The Morgan fingerprint density at radius 1 is 0.706 bits per heavy atom. The molecule has 5 heteroatoms. The van der Waals surface area contributed by atoms with Crippen molar-refractivity contribution in [3.05, 3.63) is 0 Å². The van der Waals surface area contributed by atoms with Crippen LogP contribution in [-0.4, -0.2) is 33.7 Å². The van der Waals surface area contributed by atoms with E-state index in [1.807, 2.05) is 0 Å². The molecule has 4 nitrogen and oxygen atoms in total. The monoisotopic (exact) mass is 264 g/mol. The molecule has 0 aromatic rings. The highest BCUT2D eigenvalue weighted by Gasteiger charge is 2.40. The summed E-state index contributed by atoms with van der Waals surface area (Å²) in [5.41, 5.74) is 0. The van der Waals surface area contributed by atoms with Gasteiger partial charge in [-0.15, -0.1) is 0 Å². The van der Waals surface area contributed by atoms with E-state index in [1.165, 1.54) is 0 Å². The Morgan fingerprint density at radius 3 is 1.24 bits per heavy atom. The second-order valence-corrected chi connectivity index (χ2v) is 6.04. The van der Waals surface area contributed by atoms with E-state index in [4.69, 9.17) is 13.3 Å². The zero-order chi connectivity index (χ0) is 13.0. The van der Waals surface area contributed by atoms with E-state index < -0.39 is 9.05 Å². The molecule has 0 aromatic carbocycles. The van der Waals surface area contributed by atoms with E-state index in [1.54, 1.807) is 0 Å². The Bertz CT molecular complexity index is 140. The second kappa shape index (κ2) is 11.2. The van der Waals surface area contributed by atoms with Crippen molar-refractivity contribution in [3.8, 4) is 0 Å². The summed E-state index contributed by atoms with van der Waals surface area (Å²) in [6, 6.07) is 0. The van der Waals surface area contributed by atoms with E-state index >= 15 is 0 Å². The first kappa shape index (κ1) is 17.1. The van der Waals surface area contributed by atoms with Crippen molar-refractivity contribution >= 4 is 9.05 Å². The molecular weight excluding hydrogens is 236 g/mol. The molecule has 0 amide bonds. The average molecular weight is 264 g/mol. The molecule has 1 N–H and O–H groups in total. The molecule has 0 aliphatic rings. The first-order valence-electron chi connectivity index (χ1n) is 6.82. The fraction of sp³-hybridized carbons (Fsp3) is 1.00. The Hall–Kier alpha value is 0.0569. The summed E-state index contributed by atoms with van der Waals surface area (Å²) in [5.74, 6) is 0. The van der Waals surface area contributed by atoms with Gasteiger partial charge >= 0.3 is 9.05 Å². The van der Waals surface area contributed by atoms with E-state index in [2.05, 4.69) is 20.8 Å². The van der Waals surface area contributed by atoms with Gasteiger partial charge < -0.3 is 18.1 Å². The van der Waals surface area contributed by atoms with Crippen LogP contribution in [0.15, 0.2) is 0 Å². The average Bonchev–Trinajstić information content (AvgIpc) is 2.30. The molecule has 0 radical (unpaired) electrons. The fourth-order valence-electron chi connectivity index (χ4n) is 1.16. The lowest BCUT2D eigenvalue weighted by Gasteiger charge is -2.23. The molecule has 0 bridgehead atoms. The maximum atomic E-state index is 10.2. The van der Waals surface area contributed by atoms with Crippen LogP contribution in [0.1, 0.15) is 59.3 Å². The van der Waals surface area contributed by atoms with Gasteiger partial charge in [0.25, 0.3) is 0 Å². The lowest BCUT2D eigenvalue weighted by Crippen LogP contribution is -2.47. The Labute approximate surface area is 107 Å². The molecule has 0 aliphatic carbocycles. The normalized spacial score (nSPS) is 12.0. The molecule has 104 valence electrons. The molecule has 0 rings (SSSR count). The maximum Gasteiger partial charge on any atom is 0.676 e. The minimum atomic E-state index is -3.36. The van der Waals surface area contributed by atoms with Crippen LogP contribution in [0.3, 0.4) is 0 Å². The van der Waals surface area contributed by atoms with Gasteiger partial charge in [0.05, 0.1) is 0 Å². The van der Waals surface area contributed by atoms with Crippen LogP contribution in [0, 0.1) is 0 Å². The van der Waals surface area contributed by atoms with Gasteiger partial charge in [-0.1, -0.05) is 40.0 Å². The number of hydrogen-bond donors (Lipinski definition) is 1. The zero-order valence-corrected chi connectivity index (χ0v) is 12.5. The summed E-state index contributed by atoms with van der Waals surface area (Å²) in [4.78, 5) is 10.2. The molecule has 0 spiro atoms. The minimum absolute atomic E-state index is 0.511. The lowest BCUT2D eigenvalue weighted by atomic mass is 10.4. The van der Waals surface area contributed by atoms with Gasteiger partial charge in [-0.05, 0) is 19.3 Å². The Balaban J connectivity index is 3.95. The quantitative estimate of drug-likeness (QED) is 0.435. The van der Waals surface area contributed by atoms with Crippen LogP contribution in [0.5, 0.6) is 0 Å². The van der Waals surface area contributed by atoms with E-state index in [0.29, 0.717) is 19.8 Å². The lowest BCUT2D eigenvalue weighted by molar-refractivity contribution is -0.00956. The molecule has 0 atom stereocenters. The predicted molar refractivity (Wildman–Crippen MR) is 70.6 cm³/mol. The van der Waals surface area contributed by atoms with Gasteiger partial charge in [0.2, 0.25) is 0 Å². The van der Waals surface area contributed by atoms with Gasteiger partial charge in [0.1, 0.15) is 0 Å². The molecule has 0 fully saturated rings. The van der Waals surface area contributed by atoms with Gasteiger partial charge in [-0.25, -0.2) is 0 Å². The van der Waals surface area contributed by atoms with Crippen LogP contribution in [0.4, 0.5) is 0 Å². The van der Waals surface area contributed by atoms with Crippen molar-refractivity contribution in [1.29, 1.82) is 0 Å². The van der Waals surface area contributed by atoms with Gasteiger partial charge in [0.15, 0.2) is 0 Å². The maximum absolute atomic E-state index is 10.2. The summed E-state index contributed by atoms with van der Waals surface area (Å²) in [6.07, 6.45) is 5.87. The van der Waals surface area contributed by atoms with Gasteiger partial charge in [0, 0.05) is 19.8 Å². The van der Waals surface area contributed by atoms with Crippen LogP contribution >= 0.6 is 0 Å². The fourth-order valence-corrected chi connectivity index (χ4v) is 2.62. The van der Waals surface area contributed by atoms with Crippen molar-refractivity contribution in [2.45, 2.75) is 59.3 Å². The second-order valence-electron chi connectivity index (χ2n) is 4.13. The molecule has 0 aromatic heterocycles. The molecule has 0 saturated carbocycles. The third-order valence-corrected chi connectivity index (χ3v) is 4.05. The standard InChI is InChI=1S/C12H28O4Si/c1-4-7-10-14-17(13,15-11-8-5-2)16-12-9-6-3/h13H,4-12H2,1-3H3. The van der Waals surface area contributed by atoms with E-state index in [-0.39, 0.29) is 0 Å². The van der Waals surface area contributed by atoms with Crippen LogP contribution < -0.4 is 0 Å². The van der Waals surface area contributed by atoms with E-state index in [0.717, 1.165) is 38.5 Å². The molecule has 0 unspecified atom stereocenters. The number of unbranched alkanes of at least 4 members (excludes halogenated alkanes) is 3. The minimum Gasteiger partial charge on any atom is -0.367 e. The summed E-state index contributed by atoms with van der Waals surface area (Å²) in [7, 11) is -3.36. The summed E-state index contributed by atoms with van der Waals surface area (Å²) >= 11 is 0. The Morgan fingerprint density at radius 2 is 1.00 bits per heavy atom. The molecule has 0 saturated heterocycles. The van der Waals surface area contributed by atoms with Crippen molar-refractivity contribution in [2.24, 2.45) is 0 Å². The zero-order valence-electron chi connectivity index (χ0n) is 11.5. The van der Waals surface area contributed by atoms with Gasteiger partial charge in [-0.3, -0.25) is 0 Å². The highest BCUT2D eigenvalue weighted by molar-refractivity contribution is 6.51. The predicted octanol–water partition coefficient (Wildman–Crippen LogP) is 2.86. The Kier molecular flexibility index (Phi) is 11.2. The SMILES string of the molecule is CCCCO[Si](O)(OCCCC)OCCCC.